The van der Waals surface area contributed by atoms with Gasteiger partial charge in [-0.05, 0) is 69.7 Å². The summed E-state index contributed by atoms with van der Waals surface area (Å²) in [4.78, 5) is 28.5. The number of nitrogens with zero attached hydrogens (tertiary/aromatic N) is 1. The number of hydrogen-bond donors (Lipinski definition) is 1. The summed E-state index contributed by atoms with van der Waals surface area (Å²) < 4.78 is 7.19. The monoisotopic (exact) mass is 527 g/mol. The van der Waals surface area contributed by atoms with Crippen LogP contribution in [-0.4, -0.2) is 40.6 Å². The molecule has 1 N–H and O–H groups in total. The quantitative estimate of drug-likeness (QED) is 0.376. The average molecular weight is 528 g/mol. The molecule has 0 unspecified atom stereocenters. The SMILES string of the molecule is CC1=C2[C@@H](CC/C(C)=C/c3cc(Br)ccc3O)OC[C@@H]2[C@@H]2C(=O)N(C3CCCCC3)C(=O)[C@@H]2C1. The molecule has 2 aliphatic heterocycles. The van der Waals surface area contributed by atoms with Crippen molar-refractivity contribution in [3.05, 3.63) is 45.0 Å². The molecule has 2 saturated heterocycles. The number of benzene rings is 1. The number of phenols is 1. The molecular formula is C28H34BrNO4. The number of phenolic OH excluding ortho intramolecular Hbond substituents is 1. The molecule has 6 heteroatoms. The Bertz CT molecular complexity index is 1050. The van der Waals surface area contributed by atoms with Gasteiger partial charge in [0.25, 0.3) is 0 Å². The first-order chi connectivity index (χ1) is 16.3. The highest BCUT2D eigenvalue weighted by atomic mass is 79.9. The highest BCUT2D eigenvalue weighted by Gasteiger charge is 2.57. The Labute approximate surface area is 210 Å². The molecule has 1 saturated carbocycles. The van der Waals surface area contributed by atoms with Gasteiger partial charge in [0.15, 0.2) is 0 Å². The number of hydrogen-bond acceptors (Lipinski definition) is 4. The van der Waals surface area contributed by atoms with Gasteiger partial charge in [-0.15, -0.1) is 0 Å². The second kappa shape index (κ2) is 9.62. The largest absolute Gasteiger partial charge is 0.507 e. The number of ether oxygens (including phenoxy) is 1. The van der Waals surface area contributed by atoms with Crippen molar-refractivity contribution in [2.45, 2.75) is 77.4 Å². The summed E-state index contributed by atoms with van der Waals surface area (Å²) in [6.07, 6.45) is 9.73. The molecule has 0 spiro atoms. The maximum Gasteiger partial charge on any atom is 0.234 e. The fourth-order valence-electron chi connectivity index (χ4n) is 6.69. The fraction of sp³-hybridized carbons (Fsp3) is 0.571. The first kappa shape index (κ1) is 23.8. The van der Waals surface area contributed by atoms with Gasteiger partial charge >= 0.3 is 0 Å². The Hall–Kier alpha value is -1.92. The van der Waals surface area contributed by atoms with Crippen LogP contribution >= 0.6 is 15.9 Å². The number of amides is 2. The van der Waals surface area contributed by atoms with Gasteiger partial charge in [-0.1, -0.05) is 52.4 Å². The number of allylic oxidation sites excluding steroid dienone is 2. The Morgan fingerprint density at radius 2 is 1.94 bits per heavy atom. The van der Waals surface area contributed by atoms with Gasteiger partial charge in [-0.3, -0.25) is 14.5 Å². The van der Waals surface area contributed by atoms with Crippen molar-refractivity contribution < 1.29 is 19.4 Å². The molecule has 2 amide bonds. The highest BCUT2D eigenvalue weighted by Crippen LogP contribution is 2.50. The molecule has 4 aliphatic rings. The minimum absolute atomic E-state index is 0.00274. The molecule has 5 nitrogen and oxygen atoms in total. The van der Waals surface area contributed by atoms with Crippen LogP contribution in [0.4, 0.5) is 0 Å². The van der Waals surface area contributed by atoms with E-state index in [1.165, 1.54) is 23.1 Å². The second-order valence-corrected chi connectivity index (χ2v) is 11.5. The standard InChI is InChI=1S/C28H34BrNO4/c1-16(12-18-14-19(29)9-10-23(18)31)8-11-24-25-17(2)13-21-26(22(25)15-34-24)28(33)30(27(21)32)20-6-4-3-5-7-20/h9-10,12,14,20-22,24,26,31H,3-8,11,13,15H2,1-2H3/b16-12+/t21-,22+,24-,26-/m1/s1. The summed E-state index contributed by atoms with van der Waals surface area (Å²) in [7, 11) is 0. The molecule has 4 atom stereocenters. The van der Waals surface area contributed by atoms with Gasteiger partial charge in [0, 0.05) is 22.0 Å². The Morgan fingerprint density at radius 3 is 2.71 bits per heavy atom. The minimum atomic E-state index is -0.242. The molecule has 0 bridgehead atoms. The van der Waals surface area contributed by atoms with E-state index in [9.17, 15) is 14.7 Å². The van der Waals surface area contributed by atoms with Crippen LogP contribution in [0.3, 0.4) is 0 Å². The van der Waals surface area contributed by atoms with Gasteiger partial charge < -0.3 is 9.84 Å². The Morgan fingerprint density at radius 1 is 1.18 bits per heavy atom. The number of likely N-dealkylation sites (tertiary alicyclic amines) is 1. The first-order valence-corrected chi connectivity index (χ1v) is 13.5. The zero-order valence-corrected chi connectivity index (χ0v) is 21.6. The first-order valence-electron chi connectivity index (χ1n) is 12.7. The smallest absolute Gasteiger partial charge is 0.234 e. The summed E-state index contributed by atoms with van der Waals surface area (Å²) in [5, 5.41) is 10.1. The summed E-state index contributed by atoms with van der Waals surface area (Å²) in [6, 6.07) is 5.53. The second-order valence-electron chi connectivity index (χ2n) is 10.6. The molecule has 182 valence electrons. The summed E-state index contributed by atoms with van der Waals surface area (Å²) in [6.45, 7) is 4.74. The molecule has 2 aliphatic carbocycles. The van der Waals surface area contributed by atoms with Crippen molar-refractivity contribution in [1.82, 2.24) is 4.90 Å². The zero-order valence-electron chi connectivity index (χ0n) is 20.1. The van der Waals surface area contributed by atoms with E-state index < -0.39 is 0 Å². The predicted octanol–water partition coefficient (Wildman–Crippen LogP) is 6.01. The normalized spacial score (nSPS) is 30.2. The van der Waals surface area contributed by atoms with Crippen molar-refractivity contribution >= 4 is 33.8 Å². The van der Waals surface area contributed by atoms with Crippen molar-refractivity contribution in [1.29, 1.82) is 0 Å². The lowest BCUT2D eigenvalue weighted by atomic mass is 9.70. The van der Waals surface area contributed by atoms with Crippen molar-refractivity contribution in [2.24, 2.45) is 17.8 Å². The Balaban J connectivity index is 1.30. The van der Waals surface area contributed by atoms with E-state index in [-0.39, 0.29) is 47.5 Å². The number of rotatable bonds is 5. The third-order valence-electron chi connectivity index (χ3n) is 8.32. The number of halogens is 1. The predicted molar refractivity (Wildman–Crippen MR) is 135 cm³/mol. The maximum atomic E-state index is 13.5. The van der Waals surface area contributed by atoms with Crippen LogP contribution in [-0.2, 0) is 14.3 Å². The highest BCUT2D eigenvalue weighted by molar-refractivity contribution is 9.10. The molecule has 5 rings (SSSR count). The summed E-state index contributed by atoms with van der Waals surface area (Å²) >= 11 is 3.46. The van der Waals surface area contributed by atoms with Crippen molar-refractivity contribution in [3.63, 3.8) is 0 Å². The van der Waals surface area contributed by atoms with Crippen LogP contribution in [0.5, 0.6) is 5.75 Å². The van der Waals surface area contributed by atoms with E-state index in [0.29, 0.717) is 13.0 Å². The van der Waals surface area contributed by atoms with Crippen LogP contribution in [0.1, 0.15) is 70.8 Å². The van der Waals surface area contributed by atoms with Gasteiger partial charge in [-0.25, -0.2) is 0 Å². The van der Waals surface area contributed by atoms with E-state index in [1.54, 1.807) is 11.0 Å². The molecule has 0 radical (unpaired) electrons. The average Bonchev–Trinajstić information content (AvgIpc) is 3.35. The maximum absolute atomic E-state index is 13.5. The van der Waals surface area contributed by atoms with E-state index in [1.807, 2.05) is 18.2 Å². The van der Waals surface area contributed by atoms with E-state index in [2.05, 4.69) is 29.8 Å². The lowest BCUT2D eigenvalue weighted by Crippen LogP contribution is -2.42. The van der Waals surface area contributed by atoms with E-state index >= 15 is 0 Å². The number of carbonyl (C=O) groups excluding carboxylic acids is 2. The van der Waals surface area contributed by atoms with Gasteiger partial charge in [0.1, 0.15) is 5.75 Å². The third kappa shape index (κ3) is 4.28. The lowest BCUT2D eigenvalue weighted by Gasteiger charge is -2.31. The Kier molecular flexibility index (Phi) is 6.73. The summed E-state index contributed by atoms with van der Waals surface area (Å²) in [5.74, 6) is -0.0190. The van der Waals surface area contributed by atoms with Crippen LogP contribution in [0, 0.1) is 17.8 Å². The van der Waals surface area contributed by atoms with Crippen LogP contribution in [0.25, 0.3) is 6.08 Å². The van der Waals surface area contributed by atoms with Gasteiger partial charge in [0.05, 0.1) is 24.5 Å². The van der Waals surface area contributed by atoms with Crippen molar-refractivity contribution in [3.8, 4) is 5.75 Å². The zero-order chi connectivity index (χ0) is 24.0. The number of imide groups is 1. The molecule has 1 aromatic rings. The van der Waals surface area contributed by atoms with E-state index in [0.717, 1.165) is 48.6 Å². The summed E-state index contributed by atoms with van der Waals surface area (Å²) in [5.41, 5.74) is 4.48. The number of aromatic hydroxyl groups is 1. The minimum Gasteiger partial charge on any atom is -0.507 e. The van der Waals surface area contributed by atoms with Crippen molar-refractivity contribution in [2.75, 3.05) is 6.61 Å². The topological polar surface area (TPSA) is 66.8 Å². The fourth-order valence-corrected chi connectivity index (χ4v) is 7.07. The molecular weight excluding hydrogens is 494 g/mol. The van der Waals surface area contributed by atoms with Gasteiger partial charge in [0.2, 0.25) is 11.8 Å². The van der Waals surface area contributed by atoms with Crippen LogP contribution in [0.15, 0.2) is 39.4 Å². The third-order valence-corrected chi connectivity index (χ3v) is 8.81. The lowest BCUT2D eigenvalue weighted by molar-refractivity contribution is -0.143. The number of carbonyl (C=O) groups is 2. The number of fused-ring (bicyclic) bond motifs is 3. The van der Waals surface area contributed by atoms with E-state index in [4.69, 9.17) is 4.74 Å². The molecule has 3 fully saturated rings. The van der Waals surface area contributed by atoms with Crippen LogP contribution < -0.4 is 0 Å². The molecule has 34 heavy (non-hydrogen) atoms. The molecule has 0 aromatic heterocycles. The molecule has 2 heterocycles. The van der Waals surface area contributed by atoms with Gasteiger partial charge in [-0.2, -0.15) is 0 Å². The van der Waals surface area contributed by atoms with Crippen LogP contribution in [0.2, 0.25) is 0 Å². The molecule has 1 aromatic carbocycles.